The molecule has 0 aromatic heterocycles. The first-order valence-electron chi connectivity index (χ1n) is 4.85. The minimum atomic E-state index is 0.0718. The Morgan fingerprint density at radius 1 is 0.923 bits per heavy atom. The second kappa shape index (κ2) is 11.0. The van der Waals surface area contributed by atoms with Crippen molar-refractivity contribution in [1.29, 1.82) is 0 Å². The van der Waals surface area contributed by atoms with Gasteiger partial charge in [0.05, 0.1) is 0 Å². The highest BCUT2D eigenvalue weighted by Gasteiger charge is 1.68. The zero-order valence-electron chi connectivity index (χ0n) is 9.37. The van der Waals surface area contributed by atoms with Crippen LogP contribution in [0.2, 0.25) is 0 Å². The molecule has 1 nitrogen and oxygen atoms in total. The third-order valence-electron chi connectivity index (χ3n) is 0.743. The van der Waals surface area contributed by atoms with Gasteiger partial charge in [0.1, 0.15) is 0 Å². The molecule has 0 unspecified atom stereocenters. The summed E-state index contributed by atoms with van der Waals surface area (Å²) in [6, 6.07) is 8.33. The first-order valence-corrected chi connectivity index (χ1v) is 4.85. The van der Waals surface area contributed by atoms with Crippen molar-refractivity contribution < 1.29 is 5.11 Å². The smallest absolute Gasteiger partial charge is 0.0500 e. The summed E-state index contributed by atoms with van der Waals surface area (Å²) in [4.78, 5) is 0. The third-order valence-corrected chi connectivity index (χ3v) is 0.743. The molecular weight excluding hydrogens is 160 g/mol. The van der Waals surface area contributed by atoms with Gasteiger partial charge < -0.3 is 5.11 Å². The summed E-state index contributed by atoms with van der Waals surface area (Å²) >= 11 is 0. The Bertz CT molecular complexity index is 165. The van der Waals surface area contributed by atoms with Gasteiger partial charge >= 0.3 is 0 Å². The molecule has 0 radical (unpaired) electrons. The average Bonchev–Trinajstić information content (AvgIpc) is 2.08. The topological polar surface area (TPSA) is 23.1 Å². The first kappa shape index (κ1) is 14.5. The van der Waals surface area contributed by atoms with Gasteiger partial charge in [-0.3, -0.25) is 0 Å². The highest BCUT2D eigenvalue weighted by atomic mass is 16.3. The van der Waals surface area contributed by atoms with E-state index in [-0.39, 0.29) is 5.75 Å². The van der Waals surface area contributed by atoms with Crippen LogP contribution < -0.4 is 5.11 Å². The van der Waals surface area contributed by atoms with Crippen LogP contribution in [0.25, 0.3) is 0 Å². The lowest BCUT2D eigenvalue weighted by Gasteiger charge is -1.98. The van der Waals surface area contributed by atoms with Crippen molar-refractivity contribution in [2.24, 2.45) is 5.92 Å². The lowest BCUT2D eigenvalue weighted by molar-refractivity contribution is -0.268. The second-order valence-corrected chi connectivity index (χ2v) is 3.05. The number of hydrogen-bond acceptors (Lipinski definition) is 1. The predicted molar refractivity (Wildman–Crippen MR) is 57.7 cm³/mol. The predicted octanol–water partition coefficient (Wildman–Crippen LogP) is 3.45. The number of hydrogen-bond donors (Lipinski definition) is 0. The van der Waals surface area contributed by atoms with Crippen LogP contribution in [-0.2, 0) is 0 Å². The molecule has 1 aromatic rings. The Kier molecular flexibility index (Phi) is 12.3. The van der Waals surface area contributed by atoms with Gasteiger partial charge in [-0.25, -0.2) is 0 Å². The summed E-state index contributed by atoms with van der Waals surface area (Å²) in [5, 5.41) is 10.3. The third kappa shape index (κ3) is 18.2. The molecule has 0 N–H and O–H groups in total. The maximum atomic E-state index is 10.3. The summed E-state index contributed by atoms with van der Waals surface area (Å²) in [7, 11) is 0. The lowest BCUT2D eigenvalue weighted by atomic mass is 10.3. The first-order chi connectivity index (χ1) is 6.13. The van der Waals surface area contributed by atoms with Gasteiger partial charge in [0, 0.05) is 0 Å². The van der Waals surface area contributed by atoms with Gasteiger partial charge in [0.2, 0.25) is 0 Å². The van der Waals surface area contributed by atoms with E-state index in [4.69, 9.17) is 0 Å². The largest absolute Gasteiger partial charge is 0.872 e. The van der Waals surface area contributed by atoms with E-state index in [0.29, 0.717) is 0 Å². The van der Waals surface area contributed by atoms with Crippen LogP contribution in [0.1, 0.15) is 34.6 Å². The van der Waals surface area contributed by atoms with E-state index in [0.717, 1.165) is 5.92 Å². The highest BCUT2D eigenvalue weighted by molar-refractivity contribution is 5.17. The zero-order valence-corrected chi connectivity index (χ0v) is 9.37. The van der Waals surface area contributed by atoms with Crippen molar-refractivity contribution in [3.8, 4) is 5.75 Å². The van der Waals surface area contributed by atoms with E-state index < -0.39 is 0 Å². The quantitative estimate of drug-likeness (QED) is 0.601. The number of para-hydroxylation sites is 1. The van der Waals surface area contributed by atoms with Gasteiger partial charge in [0.15, 0.2) is 0 Å². The molecule has 76 valence electrons. The van der Waals surface area contributed by atoms with Crippen molar-refractivity contribution in [3.63, 3.8) is 0 Å². The van der Waals surface area contributed by atoms with E-state index in [2.05, 4.69) is 20.8 Å². The van der Waals surface area contributed by atoms with Crippen LogP contribution in [-0.4, -0.2) is 0 Å². The molecule has 0 bridgehead atoms. The average molecular weight is 181 g/mol. The van der Waals surface area contributed by atoms with E-state index in [9.17, 15) is 5.11 Å². The van der Waals surface area contributed by atoms with Crippen molar-refractivity contribution in [1.82, 2.24) is 0 Å². The van der Waals surface area contributed by atoms with Gasteiger partial charge in [-0.05, 0) is 5.92 Å². The zero-order chi connectivity index (χ0) is 10.7. The molecule has 1 aromatic carbocycles. The van der Waals surface area contributed by atoms with E-state index in [1.54, 1.807) is 12.1 Å². The summed E-state index contributed by atoms with van der Waals surface area (Å²) in [6.45, 7) is 10.5. The Balaban J connectivity index is 0. The summed E-state index contributed by atoms with van der Waals surface area (Å²) in [6.07, 6.45) is 0. The maximum absolute atomic E-state index is 10.3. The molecule has 0 aliphatic carbocycles. The molecule has 13 heavy (non-hydrogen) atoms. The molecule has 0 aliphatic rings. The minimum absolute atomic E-state index is 0.0718. The van der Waals surface area contributed by atoms with Gasteiger partial charge in [-0.15, -0.1) is 5.75 Å². The molecule has 0 amide bonds. The second-order valence-electron chi connectivity index (χ2n) is 3.05. The normalized spacial score (nSPS) is 7.85. The fourth-order valence-electron chi connectivity index (χ4n) is 0.420. The van der Waals surface area contributed by atoms with Crippen LogP contribution >= 0.6 is 0 Å². The number of rotatable bonds is 0. The van der Waals surface area contributed by atoms with Crippen LogP contribution in [0.4, 0.5) is 0 Å². The Morgan fingerprint density at radius 3 is 1.38 bits per heavy atom. The molecule has 0 saturated heterocycles. The lowest BCUT2D eigenvalue weighted by Crippen LogP contribution is -1.85. The molecule has 0 heterocycles. The van der Waals surface area contributed by atoms with Gasteiger partial charge in [-0.2, -0.15) is 0 Å². The molecule has 0 fully saturated rings. The van der Waals surface area contributed by atoms with E-state index >= 15 is 0 Å². The molecular formula is C12H21O-. The van der Waals surface area contributed by atoms with Crippen molar-refractivity contribution >= 4 is 0 Å². The van der Waals surface area contributed by atoms with Crippen LogP contribution in [0.15, 0.2) is 30.3 Å². The molecule has 0 aliphatic heterocycles. The molecule has 0 atom stereocenters. The van der Waals surface area contributed by atoms with Gasteiger partial charge in [-0.1, -0.05) is 65.0 Å². The SMILES string of the molecule is CC.CC(C)C.[O-]c1ccccc1. The van der Waals surface area contributed by atoms with Crippen molar-refractivity contribution in [3.05, 3.63) is 30.3 Å². The van der Waals surface area contributed by atoms with E-state index in [1.165, 1.54) is 12.1 Å². The summed E-state index contributed by atoms with van der Waals surface area (Å²) < 4.78 is 0. The molecule has 1 heteroatoms. The fraction of sp³-hybridized carbons (Fsp3) is 0.500. The van der Waals surface area contributed by atoms with Crippen LogP contribution in [0, 0.1) is 5.92 Å². The van der Waals surface area contributed by atoms with Crippen molar-refractivity contribution in [2.75, 3.05) is 0 Å². The molecule has 1 rings (SSSR count). The van der Waals surface area contributed by atoms with E-state index in [1.807, 2.05) is 19.9 Å². The molecule has 0 saturated carbocycles. The fourth-order valence-corrected chi connectivity index (χ4v) is 0.420. The van der Waals surface area contributed by atoms with Gasteiger partial charge in [0.25, 0.3) is 0 Å². The van der Waals surface area contributed by atoms with Crippen LogP contribution in [0.3, 0.4) is 0 Å². The monoisotopic (exact) mass is 181 g/mol. The Labute approximate surface area is 82.4 Å². The highest BCUT2D eigenvalue weighted by Crippen LogP contribution is 1.98. The summed E-state index contributed by atoms with van der Waals surface area (Å²) in [5.41, 5.74) is 0. The Hall–Kier alpha value is -0.980. The summed E-state index contributed by atoms with van der Waals surface area (Å²) in [5.74, 6) is 0.905. The molecule has 0 spiro atoms. The minimum Gasteiger partial charge on any atom is -0.872 e. The van der Waals surface area contributed by atoms with Crippen LogP contribution in [0.5, 0.6) is 5.75 Å². The Morgan fingerprint density at radius 2 is 1.23 bits per heavy atom. The number of benzene rings is 1. The maximum Gasteiger partial charge on any atom is -0.0500 e. The van der Waals surface area contributed by atoms with Crippen molar-refractivity contribution in [2.45, 2.75) is 34.6 Å². The standard InChI is InChI=1S/C6H6O.C4H10.C2H6/c7-6-4-2-1-3-5-6;1-4(2)3;1-2/h1-5,7H;4H,1-3H3;1-2H3/p-1.